The number of nitrogens with one attached hydrogen (secondary N) is 1. The highest BCUT2D eigenvalue weighted by molar-refractivity contribution is 5.56. The first kappa shape index (κ1) is 9.24. The SMILES string of the molecule is CC1(Nc2nccnc2N)CCCC1. The van der Waals surface area contributed by atoms with Gasteiger partial charge in [-0.1, -0.05) is 12.8 Å². The van der Waals surface area contributed by atoms with Gasteiger partial charge in [-0.15, -0.1) is 0 Å². The Labute approximate surface area is 83.9 Å². The molecule has 0 atom stereocenters. The van der Waals surface area contributed by atoms with Crippen LogP contribution in [0.5, 0.6) is 0 Å². The number of hydrogen-bond acceptors (Lipinski definition) is 4. The Morgan fingerprint density at radius 2 is 1.93 bits per heavy atom. The van der Waals surface area contributed by atoms with Gasteiger partial charge in [0, 0.05) is 17.9 Å². The molecular formula is C10H16N4. The topological polar surface area (TPSA) is 63.8 Å². The van der Waals surface area contributed by atoms with Gasteiger partial charge in [0.2, 0.25) is 0 Å². The van der Waals surface area contributed by atoms with Crippen LogP contribution in [0.15, 0.2) is 12.4 Å². The Kier molecular flexibility index (Phi) is 2.27. The zero-order valence-corrected chi connectivity index (χ0v) is 8.45. The van der Waals surface area contributed by atoms with E-state index in [1.165, 1.54) is 25.7 Å². The molecule has 0 unspecified atom stereocenters. The van der Waals surface area contributed by atoms with E-state index in [0.717, 1.165) is 5.82 Å². The van der Waals surface area contributed by atoms with Crippen LogP contribution in [0.2, 0.25) is 0 Å². The van der Waals surface area contributed by atoms with E-state index >= 15 is 0 Å². The van der Waals surface area contributed by atoms with Crippen LogP contribution in [0.4, 0.5) is 11.6 Å². The second-order valence-corrected chi connectivity index (χ2v) is 4.18. The molecule has 0 aromatic carbocycles. The van der Waals surface area contributed by atoms with Gasteiger partial charge in [0.05, 0.1) is 0 Å². The fourth-order valence-corrected chi connectivity index (χ4v) is 2.01. The summed E-state index contributed by atoms with van der Waals surface area (Å²) in [6.45, 7) is 2.22. The second-order valence-electron chi connectivity index (χ2n) is 4.18. The molecule has 76 valence electrons. The lowest BCUT2D eigenvalue weighted by molar-refractivity contribution is 0.531. The first-order valence-corrected chi connectivity index (χ1v) is 5.04. The van der Waals surface area contributed by atoms with Crippen LogP contribution < -0.4 is 11.1 Å². The fourth-order valence-electron chi connectivity index (χ4n) is 2.01. The molecule has 4 heteroatoms. The van der Waals surface area contributed by atoms with Gasteiger partial charge in [0.25, 0.3) is 0 Å². The standard InChI is InChI=1S/C10H16N4/c1-10(4-2-3-5-10)14-9-8(11)12-6-7-13-9/h6-7H,2-5H2,1H3,(H2,11,12)(H,13,14). The zero-order chi connectivity index (χ0) is 10.0. The average Bonchev–Trinajstić information content (AvgIpc) is 2.57. The molecule has 0 spiro atoms. The third-order valence-corrected chi connectivity index (χ3v) is 2.85. The molecule has 1 fully saturated rings. The quantitative estimate of drug-likeness (QED) is 0.750. The number of rotatable bonds is 2. The van der Waals surface area contributed by atoms with E-state index in [1.54, 1.807) is 12.4 Å². The minimum absolute atomic E-state index is 0.157. The minimum Gasteiger partial charge on any atom is -0.381 e. The lowest BCUT2D eigenvalue weighted by atomic mass is 10.0. The van der Waals surface area contributed by atoms with Crippen molar-refractivity contribution in [3.8, 4) is 0 Å². The van der Waals surface area contributed by atoms with Crippen molar-refractivity contribution >= 4 is 11.6 Å². The van der Waals surface area contributed by atoms with E-state index in [0.29, 0.717) is 5.82 Å². The van der Waals surface area contributed by atoms with Crippen molar-refractivity contribution in [1.29, 1.82) is 0 Å². The maximum atomic E-state index is 5.72. The van der Waals surface area contributed by atoms with Crippen LogP contribution >= 0.6 is 0 Å². The summed E-state index contributed by atoms with van der Waals surface area (Å²) in [5, 5.41) is 3.39. The Morgan fingerprint density at radius 1 is 1.29 bits per heavy atom. The summed E-state index contributed by atoms with van der Waals surface area (Å²) < 4.78 is 0. The third kappa shape index (κ3) is 1.78. The van der Waals surface area contributed by atoms with E-state index in [1.807, 2.05) is 0 Å². The highest BCUT2D eigenvalue weighted by Crippen LogP contribution is 2.32. The molecule has 1 heterocycles. The highest BCUT2D eigenvalue weighted by Gasteiger charge is 2.29. The highest BCUT2D eigenvalue weighted by atomic mass is 15.1. The Morgan fingerprint density at radius 3 is 2.57 bits per heavy atom. The Bertz CT molecular complexity index is 318. The van der Waals surface area contributed by atoms with Crippen molar-refractivity contribution in [2.75, 3.05) is 11.1 Å². The molecule has 0 radical (unpaired) electrons. The van der Waals surface area contributed by atoms with Gasteiger partial charge in [-0.2, -0.15) is 0 Å². The summed E-state index contributed by atoms with van der Waals surface area (Å²) in [6.07, 6.45) is 8.20. The van der Waals surface area contributed by atoms with Crippen LogP contribution in [0.3, 0.4) is 0 Å². The number of nitrogens with zero attached hydrogens (tertiary/aromatic N) is 2. The fraction of sp³-hybridized carbons (Fsp3) is 0.600. The number of nitrogen functional groups attached to an aromatic ring is 1. The summed E-state index contributed by atoms with van der Waals surface area (Å²) in [7, 11) is 0. The largest absolute Gasteiger partial charge is 0.381 e. The van der Waals surface area contributed by atoms with Crippen molar-refractivity contribution in [3.05, 3.63) is 12.4 Å². The van der Waals surface area contributed by atoms with Crippen molar-refractivity contribution in [1.82, 2.24) is 9.97 Å². The second kappa shape index (κ2) is 3.44. The van der Waals surface area contributed by atoms with E-state index in [4.69, 9.17) is 5.73 Å². The van der Waals surface area contributed by atoms with Crippen LogP contribution in [-0.2, 0) is 0 Å². The molecular weight excluding hydrogens is 176 g/mol. The van der Waals surface area contributed by atoms with E-state index < -0.39 is 0 Å². The Hall–Kier alpha value is -1.32. The molecule has 4 nitrogen and oxygen atoms in total. The zero-order valence-electron chi connectivity index (χ0n) is 8.45. The number of nitrogens with two attached hydrogens (primary N) is 1. The van der Waals surface area contributed by atoms with Crippen molar-refractivity contribution < 1.29 is 0 Å². The monoisotopic (exact) mass is 192 g/mol. The summed E-state index contributed by atoms with van der Waals surface area (Å²) >= 11 is 0. The van der Waals surface area contributed by atoms with Gasteiger partial charge in [-0.05, 0) is 19.8 Å². The van der Waals surface area contributed by atoms with Crippen molar-refractivity contribution in [2.24, 2.45) is 0 Å². The van der Waals surface area contributed by atoms with Gasteiger partial charge in [-0.25, -0.2) is 9.97 Å². The van der Waals surface area contributed by atoms with Gasteiger partial charge >= 0.3 is 0 Å². The molecule has 3 N–H and O–H groups in total. The lowest BCUT2D eigenvalue weighted by Gasteiger charge is -2.26. The molecule has 2 rings (SSSR count). The first-order valence-electron chi connectivity index (χ1n) is 5.04. The van der Waals surface area contributed by atoms with Crippen LogP contribution in [0.1, 0.15) is 32.6 Å². The van der Waals surface area contributed by atoms with Crippen LogP contribution in [0.25, 0.3) is 0 Å². The number of anilines is 2. The molecule has 0 aliphatic heterocycles. The molecule has 0 amide bonds. The van der Waals surface area contributed by atoms with Crippen molar-refractivity contribution in [3.63, 3.8) is 0 Å². The molecule has 0 bridgehead atoms. The minimum atomic E-state index is 0.157. The van der Waals surface area contributed by atoms with Crippen LogP contribution in [0, 0.1) is 0 Å². The first-order chi connectivity index (χ1) is 6.70. The molecule has 1 aliphatic rings. The van der Waals surface area contributed by atoms with Gasteiger partial charge in [-0.3, -0.25) is 0 Å². The van der Waals surface area contributed by atoms with E-state index in [2.05, 4.69) is 22.2 Å². The van der Waals surface area contributed by atoms with Gasteiger partial charge < -0.3 is 11.1 Å². The summed E-state index contributed by atoms with van der Waals surface area (Å²) in [6, 6.07) is 0. The molecule has 1 aliphatic carbocycles. The molecule has 14 heavy (non-hydrogen) atoms. The molecule has 1 aromatic rings. The summed E-state index contributed by atoms with van der Waals surface area (Å²) in [5.74, 6) is 1.21. The van der Waals surface area contributed by atoms with Gasteiger partial charge in [0.15, 0.2) is 11.6 Å². The average molecular weight is 192 g/mol. The molecule has 0 saturated heterocycles. The number of aromatic nitrogens is 2. The third-order valence-electron chi connectivity index (χ3n) is 2.85. The van der Waals surface area contributed by atoms with Crippen molar-refractivity contribution in [2.45, 2.75) is 38.1 Å². The smallest absolute Gasteiger partial charge is 0.169 e. The normalized spacial score (nSPS) is 19.5. The van der Waals surface area contributed by atoms with Crippen LogP contribution in [-0.4, -0.2) is 15.5 Å². The molecule has 1 aromatic heterocycles. The van der Waals surface area contributed by atoms with E-state index in [9.17, 15) is 0 Å². The molecule has 1 saturated carbocycles. The predicted molar refractivity (Wildman–Crippen MR) is 56.9 cm³/mol. The van der Waals surface area contributed by atoms with E-state index in [-0.39, 0.29) is 5.54 Å². The maximum Gasteiger partial charge on any atom is 0.169 e. The maximum absolute atomic E-state index is 5.72. The lowest BCUT2D eigenvalue weighted by Crippen LogP contribution is -2.31. The Balaban J connectivity index is 2.14. The summed E-state index contributed by atoms with van der Waals surface area (Å²) in [4.78, 5) is 8.19. The predicted octanol–water partition coefficient (Wildman–Crippen LogP) is 1.80. The summed E-state index contributed by atoms with van der Waals surface area (Å²) in [5.41, 5.74) is 5.88. The van der Waals surface area contributed by atoms with Gasteiger partial charge in [0.1, 0.15) is 0 Å². The number of hydrogen-bond donors (Lipinski definition) is 2.